The standard InChI is InChI=1S/C21H20N4O2/c1-13-12-18(17-4-2-3-5-19(17)22-13)20(26)23-14-6-8-15(9-7-14)24-21(27)25-16-10-11-16/h2-9,12,16H,10-11H2,1H3,(H,23,26)(H2,24,25,27). The van der Waals surface area contributed by atoms with Crippen molar-refractivity contribution in [3.63, 3.8) is 0 Å². The minimum atomic E-state index is -0.201. The van der Waals surface area contributed by atoms with Crippen LogP contribution in [0.15, 0.2) is 54.6 Å². The summed E-state index contributed by atoms with van der Waals surface area (Å²) in [4.78, 5) is 29.0. The van der Waals surface area contributed by atoms with Crippen LogP contribution in [-0.4, -0.2) is 23.0 Å². The molecule has 1 aromatic heterocycles. The molecular formula is C21H20N4O2. The number of carbonyl (C=O) groups is 2. The predicted octanol–water partition coefficient (Wildman–Crippen LogP) is 4.08. The van der Waals surface area contributed by atoms with E-state index in [9.17, 15) is 9.59 Å². The first kappa shape index (κ1) is 17.0. The SMILES string of the molecule is Cc1cc(C(=O)Nc2ccc(NC(=O)NC3CC3)cc2)c2ccccc2n1. The molecule has 6 heteroatoms. The molecule has 3 aromatic rings. The van der Waals surface area contributed by atoms with Crippen molar-refractivity contribution in [3.8, 4) is 0 Å². The molecule has 0 saturated heterocycles. The number of anilines is 2. The highest BCUT2D eigenvalue weighted by molar-refractivity contribution is 6.12. The number of hydrogen-bond donors (Lipinski definition) is 3. The van der Waals surface area contributed by atoms with Crippen molar-refractivity contribution in [3.05, 3.63) is 65.9 Å². The molecule has 1 aliphatic carbocycles. The largest absolute Gasteiger partial charge is 0.335 e. The van der Waals surface area contributed by atoms with E-state index in [2.05, 4.69) is 20.9 Å². The Labute approximate surface area is 157 Å². The fourth-order valence-electron chi connectivity index (χ4n) is 2.91. The third kappa shape index (κ3) is 4.06. The molecule has 136 valence electrons. The topological polar surface area (TPSA) is 83.1 Å². The van der Waals surface area contributed by atoms with E-state index in [4.69, 9.17) is 0 Å². The number of carbonyl (C=O) groups excluding carboxylic acids is 2. The van der Waals surface area contributed by atoms with Gasteiger partial charge >= 0.3 is 6.03 Å². The lowest BCUT2D eigenvalue weighted by atomic mass is 10.1. The van der Waals surface area contributed by atoms with Gasteiger partial charge in [-0.15, -0.1) is 0 Å². The van der Waals surface area contributed by atoms with E-state index in [0.29, 0.717) is 23.0 Å². The lowest BCUT2D eigenvalue weighted by Crippen LogP contribution is -2.30. The number of hydrogen-bond acceptors (Lipinski definition) is 3. The maximum atomic E-state index is 12.8. The monoisotopic (exact) mass is 360 g/mol. The van der Waals surface area contributed by atoms with Crippen LogP contribution < -0.4 is 16.0 Å². The van der Waals surface area contributed by atoms with E-state index in [1.165, 1.54) is 0 Å². The quantitative estimate of drug-likeness (QED) is 0.655. The van der Waals surface area contributed by atoms with Crippen LogP contribution >= 0.6 is 0 Å². The van der Waals surface area contributed by atoms with Crippen LogP contribution in [0, 0.1) is 6.92 Å². The van der Waals surface area contributed by atoms with E-state index >= 15 is 0 Å². The van der Waals surface area contributed by atoms with Crippen molar-refractivity contribution in [2.75, 3.05) is 10.6 Å². The average molecular weight is 360 g/mol. The summed E-state index contributed by atoms with van der Waals surface area (Å²) in [6.45, 7) is 1.87. The van der Waals surface area contributed by atoms with Crippen LogP contribution in [0.2, 0.25) is 0 Å². The van der Waals surface area contributed by atoms with Crippen molar-refractivity contribution in [2.24, 2.45) is 0 Å². The zero-order chi connectivity index (χ0) is 18.8. The average Bonchev–Trinajstić information content (AvgIpc) is 3.46. The Kier molecular flexibility index (Phi) is 4.46. The predicted molar refractivity (Wildman–Crippen MR) is 106 cm³/mol. The molecule has 2 aromatic carbocycles. The van der Waals surface area contributed by atoms with Gasteiger partial charge in [-0.25, -0.2) is 4.79 Å². The Balaban J connectivity index is 1.47. The maximum absolute atomic E-state index is 12.8. The Morgan fingerprint density at radius 3 is 2.33 bits per heavy atom. The van der Waals surface area contributed by atoms with Gasteiger partial charge < -0.3 is 16.0 Å². The van der Waals surface area contributed by atoms with Gasteiger partial charge in [0.2, 0.25) is 0 Å². The third-order valence-electron chi connectivity index (χ3n) is 4.40. The minimum absolute atomic E-state index is 0.191. The molecule has 4 rings (SSSR count). The maximum Gasteiger partial charge on any atom is 0.319 e. The molecule has 0 atom stereocenters. The summed E-state index contributed by atoms with van der Waals surface area (Å²) >= 11 is 0. The first-order chi connectivity index (χ1) is 13.1. The number of amides is 3. The molecule has 27 heavy (non-hydrogen) atoms. The summed E-state index contributed by atoms with van der Waals surface area (Å²) in [7, 11) is 0. The highest BCUT2D eigenvalue weighted by atomic mass is 16.2. The van der Waals surface area contributed by atoms with Crippen LogP contribution in [0.4, 0.5) is 16.2 Å². The van der Waals surface area contributed by atoms with Gasteiger partial charge in [0.25, 0.3) is 5.91 Å². The number of benzene rings is 2. The summed E-state index contributed by atoms with van der Waals surface area (Å²) in [5.41, 5.74) is 3.51. The highest BCUT2D eigenvalue weighted by Gasteiger charge is 2.23. The van der Waals surface area contributed by atoms with E-state index in [-0.39, 0.29) is 11.9 Å². The summed E-state index contributed by atoms with van der Waals surface area (Å²) in [5, 5.41) is 9.37. The molecule has 1 heterocycles. The molecule has 0 radical (unpaired) electrons. The lowest BCUT2D eigenvalue weighted by molar-refractivity contribution is 0.102. The Bertz CT molecular complexity index is 1010. The zero-order valence-corrected chi connectivity index (χ0v) is 15.0. The van der Waals surface area contributed by atoms with E-state index in [0.717, 1.165) is 29.4 Å². The number of para-hydroxylation sites is 1. The van der Waals surface area contributed by atoms with Crippen LogP contribution in [0.1, 0.15) is 28.9 Å². The minimum Gasteiger partial charge on any atom is -0.335 e. The Hall–Kier alpha value is -3.41. The first-order valence-corrected chi connectivity index (χ1v) is 8.94. The van der Waals surface area contributed by atoms with Gasteiger partial charge in [0, 0.05) is 28.5 Å². The van der Waals surface area contributed by atoms with Gasteiger partial charge in [0.05, 0.1) is 11.1 Å². The van der Waals surface area contributed by atoms with Crippen molar-refractivity contribution < 1.29 is 9.59 Å². The molecule has 0 bridgehead atoms. The van der Waals surface area contributed by atoms with Crippen LogP contribution in [0.3, 0.4) is 0 Å². The number of rotatable bonds is 4. The van der Waals surface area contributed by atoms with Crippen LogP contribution in [-0.2, 0) is 0 Å². The van der Waals surface area contributed by atoms with Crippen molar-refractivity contribution in [1.29, 1.82) is 0 Å². The fraction of sp³-hybridized carbons (Fsp3) is 0.190. The molecule has 1 saturated carbocycles. The van der Waals surface area contributed by atoms with Gasteiger partial charge in [-0.2, -0.15) is 0 Å². The number of aromatic nitrogens is 1. The molecule has 1 aliphatic rings. The number of aryl methyl sites for hydroxylation is 1. The number of fused-ring (bicyclic) bond motifs is 1. The molecule has 0 spiro atoms. The number of nitrogens with one attached hydrogen (secondary N) is 3. The second-order valence-electron chi connectivity index (χ2n) is 6.73. The molecule has 3 N–H and O–H groups in total. The molecule has 3 amide bonds. The van der Waals surface area contributed by atoms with E-state index in [1.807, 2.05) is 31.2 Å². The van der Waals surface area contributed by atoms with Crippen molar-refractivity contribution in [2.45, 2.75) is 25.8 Å². The lowest BCUT2D eigenvalue weighted by Gasteiger charge is -2.10. The van der Waals surface area contributed by atoms with Crippen LogP contribution in [0.25, 0.3) is 10.9 Å². The summed E-state index contributed by atoms with van der Waals surface area (Å²) in [5.74, 6) is -0.191. The zero-order valence-electron chi connectivity index (χ0n) is 15.0. The van der Waals surface area contributed by atoms with Gasteiger partial charge in [-0.3, -0.25) is 9.78 Å². The number of urea groups is 1. The normalized spacial score (nSPS) is 13.2. The molecule has 6 nitrogen and oxygen atoms in total. The van der Waals surface area contributed by atoms with Crippen molar-refractivity contribution in [1.82, 2.24) is 10.3 Å². The Morgan fingerprint density at radius 1 is 0.963 bits per heavy atom. The van der Waals surface area contributed by atoms with E-state index < -0.39 is 0 Å². The smallest absolute Gasteiger partial charge is 0.319 e. The number of pyridine rings is 1. The van der Waals surface area contributed by atoms with Gasteiger partial charge in [0.15, 0.2) is 0 Å². The van der Waals surface area contributed by atoms with Crippen molar-refractivity contribution >= 4 is 34.2 Å². The molecular weight excluding hydrogens is 340 g/mol. The second-order valence-corrected chi connectivity index (χ2v) is 6.73. The molecule has 1 fully saturated rings. The van der Waals surface area contributed by atoms with Gasteiger partial charge in [-0.1, -0.05) is 18.2 Å². The van der Waals surface area contributed by atoms with E-state index in [1.54, 1.807) is 30.3 Å². The van der Waals surface area contributed by atoms with Crippen LogP contribution in [0.5, 0.6) is 0 Å². The molecule has 0 aliphatic heterocycles. The second kappa shape index (κ2) is 7.07. The first-order valence-electron chi connectivity index (χ1n) is 8.94. The highest BCUT2D eigenvalue weighted by Crippen LogP contribution is 2.21. The summed E-state index contributed by atoms with van der Waals surface area (Å²) in [6.07, 6.45) is 2.09. The summed E-state index contributed by atoms with van der Waals surface area (Å²) < 4.78 is 0. The van der Waals surface area contributed by atoms with Gasteiger partial charge in [-0.05, 0) is 56.2 Å². The fourth-order valence-corrected chi connectivity index (χ4v) is 2.91. The number of nitrogens with zero attached hydrogens (tertiary/aromatic N) is 1. The Morgan fingerprint density at radius 2 is 1.63 bits per heavy atom. The molecule has 0 unspecified atom stereocenters. The third-order valence-corrected chi connectivity index (χ3v) is 4.40. The van der Waals surface area contributed by atoms with Gasteiger partial charge in [0.1, 0.15) is 0 Å². The summed E-state index contributed by atoms with van der Waals surface area (Å²) in [6, 6.07) is 16.5.